The third-order valence-corrected chi connectivity index (χ3v) is 8.81. The number of amides is 1. The van der Waals surface area contributed by atoms with Crippen LogP contribution in [0.4, 0.5) is 0 Å². The Balaban J connectivity index is 0.000000243. The van der Waals surface area contributed by atoms with Crippen molar-refractivity contribution >= 4 is 18.4 Å². The van der Waals surface area contributed by atoms with Crippen LogP contribution in [0.1, 0.15) is 38.6 Å². The molecule has 4 atom stereocenters. The first-order chi connectivity index (χ1) is 22.6. The van der Waals surface area contributed by atoms with Crippen LogP contribution in [0.2, 0.25) is 0 Å². The number of aromatic nitrogens is 1. The SMILES string of the molecule is C=C1COC2OCC(C1OC)C2C.CC(C)CN(CCCNC=O)Sc1ccc(-c2cnc(CN(C)C)o2)cc1.Cc1ccccc1. The van der Waals surface area contributed by atoms with Gasteiger partial charge in [0.15, 0.2) is 12.1 Å². The molecule has 0 spiro atoms. The maximum Gasteiger partial charge on any atom is 0.209 e. The largest absolute Gasteiger partial charge is 0.439 e. The maximum atomic E-state index is 10.4. The molecular weight excluding hydrogens is 612 g/mol. The van der Waals surface area contributed by atoms with Crippen molar-refractivity contribution < 1.29 is 23.4 Å². The van der Waals surface area contributed by atoms with Crippen LogP contribution in [0, 0.1) is 24.7 Å². The molecule has 258 valence electrons. The molecular formula is C37H54N4O5S. The lowest BCUT2D eigenvalue weighted by molar-refractivity contribution is -0.122. The van der Waals surface area contributed by atoms with Crippen molar-refractivity contribution in [2.24, 2.45) is 17.8 Å². The van der Waals surface area contributed by atoms with E-state index in [9.17, 15) is 4.79 Å². The lowest BCUT2D eigenvalue weighted by atomic mass is 9.89. The van der Waals surface area contributed by atoms with Crippen LogP contribution in [0.5, 0.6) is 0 Å². The van der Waals surface area contributed by atoms with Gasteiger partial charge in [-0.2, -0.15) is 0 Å². The second kappa shape index (κ2) is 20.4. The summed E-state index contributed by atoms with van der Waals surface area (Å²) >= 11 is 1.76. The minimum atomic E-state index is -0.0538. The molecule has 9 nitrogen and oxygen atoms in total. The Kier molecular flexibility index (Phi) is 16.7. The minimum absolute atomic E-state index is 0.0538. The minimum Gasteiger partial charge on any atom is -0.439 e. The Morgan fingerprint density at radius 1 is 1.13 bits per heavy atom. The summed E-state index contributed by atoms with van der Waals surface area (Å²) in [5, 5.41) is 2.72. The van der Waals surface area contributed by atoms with Gasteiger partial charge in [-0.05, 0) is 63.0 Å². The fourth-order valence-corrected chi connectivity index (χ4v) is 6.49. The van der Waals surface area contributed by atoms with E-state index >= 15 is 0 Å². The number of nitrogens with one attached hydrogen (secondary N) is 1. The summed E-state index contributed by atoms with van der Waals surface area (Å²) in [6, 6.07) is 18.6. The van der Waals surface area contributed by atoms with Crippen molar-refractivity contribution in [2.75, 3.05) is 54.1 Å². The molecule has 2 aliphatic heterocycles. The number of hydrogen-bond acceptors (Lipinski definition) is 9. The predicted octanol–water partition coefficient (Wildman–Crippen LogP) is 6.70. The first-order valence-electron chi connectivity index (χ1n) is 16.4. The van der Waals surface area contributed by atoms with Gasteiger partial charge in [-0.1, -0.05) is 75.4 Å². The van der Waals surface area contributed by atoms with Crippen molar-refractivity contribution in [1.29, 1.82) is 0 Å². The normalized spacial score (nSPS) is 20.3. The second-order valence-corrected chi connectivity index (χ2v) is 13.9. The smallest absolute Gasteiger partial charge is 0.209 e. The van der Waals surface area contributed by atoms with Gasteiger partial charge < -0.3 is 28.8 Å². The molecule has 1 aromatic heterocycles. The van der Waals surface area contributed by atoms with E-state index in [0.29, 0.717) is 37.5 Å². The molecule has 0 aliphatic carbocycles. The van der Waals surface area contributed by atoms with Gasteiger partial charge in [0.25, 0.3) is 0 Å². The molecule has 47 heavy (non-hydrogen) atoms. The molecule has 4 unspecified atom stereocenters. The van der Waals surface area contributed by atoms with Crippen LogP contribution < -0.4 is 5.32 Å². The third-order valence-electron chi connectivity index (χ3n) is 7.74. The summed E-state index contributed by atoms with van der Waals surface area (Å²) in [7, 11) is 5.71. The highest BCUT2D eigenvalue weighted by Crippen LogP contribution is 2.36. The van der Waals surface area contributed by atoms with Crippen molar-refractivity contribution in [3.8, 4) is 11.3 Å². The molecule has 0 saturated carbocycles. The highest BCUT2D eigenvalue weighted by atomic mass is 32.2. The van der Waals surface area contributed by atoms with E-state index in [1.165, 1.54) is 10.5 Å². The van der Waals surface area contributed by atoms with Crippen molar-refractivity contribution in [1.82, 2.24) is 19.5 Å². The van der Waals surface area contributed by atoms with E-state index in [0.717, 1.165) is 55.3 Å². The lowest BCUT2D eigenvalue weighted by Gasteiger charge is -2.23. The van der Waals surface area contributed by atoms with Crippen molar-refractivity contribution in [2.45, 2.75) is 58.0 Å². The molecule has 2 saturated heterocycles. The molecule has 3 aromatic rings. The van der Waals surface area contributed by atoms with Crippen LogP contribution in [0.15, 0.2) is 82.3 Å². The highest BCUT2D eigenvalue weighted by Gasteiger charge is 2.43. The molecule has 10 heteroatoms. The number of rotatable bonds is 13. The number of carbonyl (C=O) groups is 1. The molecule has 2 aromatic carbocycles. The Hall–Kier alpha value is -2.99. The number of carbonyl (C=O) groups excluding carboxylic acids is 1. The number of benzene rings is 2. The summed E-state index contributed by atoms with van der Waals surface area (Å²) < 4.78 is 24.7. The Labute approximate surface area is 286 Å². The average Bonchev–Trinajstić information content (AvgIpc) is 3.62. The summed E-state index contributed by atoms with van der Waals surface area (Å²) in [4.78, 5) is 17.9. The topological polar surface area (TPSA) is 89.3 Å². The second-order valence-electron chi connectivity index (χ2n) is 12.7. The fourth-order valence-electron chi connectivity index (χ4n) is 5.34. The van der Waals surface area contributed by atoms with E-state index in [1.54, 1.807) is 25.3 Å². The van der Waals surface area contributed by atoms with Gasteiger partial charge >= 0.3 is 0 Å². The first kappa shape index (κ1) is 38.5. The molecule has 5 rings (SSSR count). The maximum absolute atomic E-state index is 10.4. The van der Waals surface area contributed by atoms with Gasteiger partial charge in [0, 0.05) is 49.0 Å². The van der Waals surface area contributed by atoms with Crippen LogP contribution in [-0.2, 0) is 25.5 Å². The predicted molar refractivity (Wildman–Crippen MR) is 190 cm³/mol. The quantitative estimate of drug-likeness (QED) is 0.0927. The number of ether oxygens (including phenoxy) is 3. The molecule has 3 heterocycles. The monoisotopic (exact) mass is 666 g/mol. The Morgan fingerprint density at radius 2 is 1.85 bits per heavy atom. The van der Waals surface area contributed by atoms with Crippen molar-refractivity contribution in [3.05, 3.63) is 84.4 Å². The first-order valence-corrected chi connectivity index (χ1v) is 17.1. The Morgan fingerprint density at radius 3 is 2.45 bits per heavy atom. The van der Waals surface area contributed by atoms with Crippen LogP contribution in [0.25, 0.3) is 11.3 Å². The fraction of sp³-hybridized carbons (Fsp3) is 0.514. The number of methoxy groups -OCH3 is 1. The number of aryl methyl sites for hydroxylation is 1. The number of oxazole rings is 1. The zero-order chi connectivity index (χ0) is 34.2. The average molecular weight is 667 g/mol. The molecule has 0 radical (unpaired) electrons. The zero-order valence-electron chi connectivity index (χ0n) is 29.2. The van der Waals surface area contributed by atoms with Gasteiger partial charge in [0.05, 0.1) is 32.1 Å². The lowest BCUT2D eigenvalue weighted by Crippen LogP contribution is -2.28. The van der Waals surface area contributed by atoms with Crippen LogP contribution in [-0.4, -0.2) is 87.0 Å². The van der Waals surface area contributed by atoms with E-state index in [4.69, 9.17) is 18.6 Å². The van der Waals surface area contributed by atoms with E-state index in [-0.39, 0.29) is 12.4 Å². The third kappa shape index (κ3) is 13.2. The van der Waals surface area contributed by atoms with E-state index in [1.807, 2.05) is 37.2 Å². The van der Waals surface area contributed by atoms with Gasteiger partial charge in [0.2, 0.25) is 12.3 Å². The number of fused-ring (bicyclic) bond motifs is 2. The Bertz CT molecular complexity index is 1320. The van der Waals surface area contributed by atoms with Gasteiger partial charge in [-0.15, -0.1) is 0 Å². The van der Waals surface area contributed by atoms with E-state index in [2.05, 4.69) is 85.3 Å². The van der Waals surface area contributed by atoms with E-state index < -0.39 is 0 Å². The number of nitrogens with zero attached hydrogens (tertiary/aromatic N) is 3. The zero-order valence-corrected chi connectivity index (χ0v) is 30.0. The standard InChI is InChI=1S/C20H30N4O2S.C10H16O3.C7H8/c1-16(2)13-24(11-5-10-21-15-25)27-18-8-6-17(7-9-18)19-12-22-20(26-19)14-23(3)4;1-6-4-12-10-7(2)8(5-13-10)9(6)11-3;1-7-5-3-2-4-6-7/h6-9,12,15-16H,5,10-11,13-14H2,1-4H3,(H,21,25);7-10H,1,4-5H2,2-3H3;2-6H,1H3. The van der Waals surface area contributed by atoms with Gasteiger partial charge in [-0.25, -0.2) is 9.29 Å². The van der Waals surface area contributed by atoms with Gasteiger partial charge in [-0.3, -0.25) is 4.79 Å². The molecule has 2 bridgehead atoms. The molecule has 1 amide bonds. The summed E-state index contributed by atoms with van der Waals surface area (Å²) in [6.45, 7) is 17.3. The summed E-state index contributed by atoms with van der Waals surface area (Å²) in [6.07, 6.45) is 3.52. The molecule has 2 aliphatic rings. The summed E-state index contributed by atoms with van der Waals surface area (Å²) in [5.74, 6) is 2.91. The number of hydrogen-bond donors (Lipinski definition) is 1. The molecule has 1 N–H and O–H groups in total. The van der Waals surface area contributed by atoms with Gasteiger partial charge in [0.1, 0.15) is 0 Å². The van der Waals surface area contributed by atoms with Crippen molar-refractivity contribution in [3.63, 3.8) is 0 Å². The van der Waals surface area contributed by atoms with Crippen LogP contribution in [0.3, 0.4) is 0 Å². The molecule has 2 fully saturated rings. The van der Waals surface area contributed by atoms with Crippen LogP contribution >= 0.6 is 11.9 Å². The highest BCUT2D eigenvalue weighted by molar-refractivity contribution is 7.97. The summed E-state index contributed by atoms with van der Waals surface area (Å²) in [5.41, 5.74) is 3.38.